The number of ether oxygens (including phenoxy) is 2. The van der Waals surface area contributed by atoms with Gasteiger partial charge in [-0.1, -0.05) is 6.07 Å². The van der Waals surface area contributed by atoms with Crippen molar-refractivity contribution in [2.24, 2.45) is 5.92 Å². The minimum atomic E-state index is 0.524. The van der Waals surface area contributed by atoms with Gasteiger partial charge in [0.05, 0.1) is 18.7 Å². The molecule has 1 atom stereocenters. The summed E-state index contributed by atoms with van der Waals surface area (Å²) in [5, 5.41) is 0. The van der Waals surface area contributed by atoms with Gasteiger partial charge in [-0.3, -0.25) is 0 Å². The highest BCUT2D eigenvalue weighted by Crippen LogP contribution is 2.28. The average molecular weight is 261 g/mol. The van der Waals surface area contributed by atoms with Crippen molar-refractivity contribution in [2.45, 2.75) is 19.9 Å². The SMILES string of the molecule is CCOc1cccc2c1nc(N)n2CC1CCOC1. The molecule has 2 N–H and O–H groups in total. The van der Waals surface area contributed by atoms with Crippen molar-refractivity contribution in [3.05, 3.63) is 18.2 Å². The number of imidazole rings is 1. The number of anilines is 1. The molecule has 0 radical (unpaired) electrons. The Morgan fingerprint density at radius 1 is 1.53 bits per heavy atom. The number of benzene rings is 1. The first-order chi connectivity index (χ1) is 9.29. The highest BCUT2D eigenvalue weighted by molar-refractivity contribution is 5.84. The molecule has 0 amide bonds. The fourth-order valence-corrected chi connectivity index (χ4v) is 2.59. The molecule has 0 spiro atoms. The molecule has 1 aromatic heterocycles. The second kappa shape index (κ2) is 5.09. The van der Waals surface area contributed by atoms with Crippen LogP contribution in [-0.4, -0.2) is 29.4 Å². The Kier molecular flexibility index (Phi) is 3.29. The Hall–Kier alpha value is -1.75. The van der Waals surface area contributed by atoms with Gasteiger partial charge in [0.2, 0.25) is 5.95 Å². The van der Waals surface area contributed by atoms with E-state index in [4.69, 9.17) is 15.2 Å². The molecule has 5 heteroatoms. The number of fused-ring (bicyclic) bond motifs is 1. The molecule has 1 saturated heterocycles. The van der Waals surface area contributed by atoms with Crippen molar-refractivity contribution in [1.29, 1.82) is 0 Å². The van der Waals surface area contributed by atoms with E-state index in [1.165, 1.54) is 0 Å². The lowest BCUT2D eigenvalue weighted by atomic mass is 10.1. The molecular weight excluding hydrogens is 242 g/mol. The smallest absolute Gasteiger partial charge is 0.201 e. The molecule has 5 nitrogen and oxygen atoms in total. The second-order valence-electron chi connectivity index (χ2n) is 4.87. The number of nitrogens with zero attached hydrogens (tertiary/aromatic N) is 2. The molecule has 2 aromatic rings. The number of nitrogens with two attached hydrogens (primary N) is 1. The highest BCUT2D eigenvalue weighted by atomic mass is 16.5. The fraction of sp³-hybridized carbons (Fsp3) is 0.500. The summed E-state index contributed by atoms with van der Waals surface area (Å²) in [6, 6.07) is 5.95. The van der Waals surface area contributed by atoms with Crippen molar-refractivity contribution in [3.63, 3.8) is 0 Å². The van der Waals surface area contributed by atoms with E-state index < -0.39 is 0 Å². The van der Waals surface area contributed by atoms with Crippen LogP contribution in [0.15, 0.2) is 18.2 Å². The number of para-hydroxylation sites is 1. The summed E-state index contributed by atoms with van der Waals surface area (Å²) in [4.78, 5) is 4.45. The largest absolute Gasteiger partial charge is 0.492 e. The van der Waals surface area contributed by atoms with E-state index >= 15 is 0 Å². The zero-order valence-electron chi connectivity index (χ0n) is 11.1. The zero-order chi connectivity index (χ0) is 13.2. The van der Waals surface area contributed by atoms with Gasteiger partial charge >= 0.3 is 0 Å². The summed E-state index contributed by atoms with van der Waals surface area (Å²) in [5.41, 5.74) is 7.94. The van der Waals surface area contributed by atoms with Crippen LogP contribution in [0.25, 0.3) is 11.0 Å². The molecule has 3 rings (SSSR count). The maximum absolute atomic E-state index is 6.05. The quantitative estimate of drug-likeness (QED) is 0.915. The Morgan fingerprint density at radius 2 is 2.42 bits per heavy atom. The number of rotatable bonds is 4. The van der Waals surface area contributed by atoms with E-state index in [0.717, 1.165) is 43.0 Å². The Bertz CT molecular complexity index is 573. The standard InChI is InChI=1S/C14H19N3O2/c1-2-19-12-5-3-4-11-13(12)16-14(15)17(11)8-10-6-7-18-9-10/h3-5,10H,2,6-9H2,1H3,(H2,15,16). The first kappa shape index (κ1) is 12.3. The van der Waals surface area contributed by atoms with Crippen molar-refractivity contribution in [1.82, 2.24) is 9.55 Å². The molecule has 102 valence electrons. The molecule has 2 heterocycles. The van der Waals surface area contributed by atoms with Gasteiger partial charge in [-0.15, -0.1) is 0 Å². The Labute approximate surface area is 112 Å². The second-order valence-corrected chi connectivity index (χ2v) is 4.87. The summed E-state index contributed by atoms with van der Waals surface area (Å²) in [6.45, 7) is 5.11. The number of hydrogen-bond acceptors (Lipinski definition) is 4. The van der Waals surface area contributed by atoms with E-state index in [1.807, 2.05) is 25.1 Å². The van der Waals surface area contributed by atoms with Crippen LogP contribution in [0.4, 0.5) is 5.95 Å². The van der Waals surface area contributed by atoms with Gasteiger partial charge < -0.3 is 19.8 Å². The Balaban J connectivity index is 1.99. The minimum Gasteiger partial charge on any atom is -0.492 e. The normalized spacial score (nSPS) is 19.1. The van der Waals surface area contributed by atoms with Crippen molar-refractivity contribution >= 4 is 17.0 Å². The van der Waals surface area contributed by atoms with Crippen molar-refractivity contribution < 1.29 is 9.47 Å². The molecule has 1 aliphatic rings. The third kappa shape index (κ3) is 2.26. The van der Waals surface area contributed by atoms with E-state index in [9.17, 15) is 0 Å². The van der Waals surface area contributed by atoms with E-state index in [1.54, 1.807) is 0 Å². The molecule has 0 saturated carbocycles. The van der Waals surface area contributed by atoms with Gasteiger partial charge in [-0.25, -0.2) is 4.98 Å². The topological polar surface area (TPSA) is 62.3 Å². The van der Waals surface area contributed by atoms with Crippen LogP contribution in [0, 0.1) is 5.92 Å². The number of aromatic nitrogens is 2. The molecule has 1 fully saturated rings. The third-order valence-corrected chi connectivity index (χ3v) is 3.54. The number of hydrogen-bond donors (Lipinski definition) is 1. The molecular formula is C14H19N3O2. The first-order valence-electron chi connectivity index (χ1n) is 6.75. The van der Waals surface area contributed by atoms with Gasteiger partial charge in [0.1, 0.15) is 11.3 Å². The highest BCUT2D eigenvalue weighted by Gasteiger charge is 2.19. The van der Waals surface area contributed by atoms with Gasteiger partial charge in [0, 0.05) is 19.1 Å². The summed E-state index contributed by atoms with van der Waals surface area (Å²) >= 11 is 0. The Morgan fingerprint density at radius 3 is 3.16 bits per heavy atom. The van der Waals surface area contributed by atoms with Crippen LogP contribution < -0.4 is 10.5 Å². The predicted molar refractivity (Wildman–Crippen MR) is 74.2 cm³/mol. The minimum absolute atomic E-state index is 0.524. The summed E-state index contributed by atoms with van der Waals surface area (Å²) in [5.74, 6) is 1.87. The molecule has 0 bridgehead atoms. The van der Waals surface area contributed by atoms with Crippen LogP contribution in [0.3, 0.4) is 0 Å². The third-order valence-electron chi connectivity index (χ3n) is 3.54. The maximum atomic E-state index is 6.05. The van der Waals surface area contributed by atoms with E-state index in [0.29, 0.717) is 18.5 Å². The lowest BCUT2D eigenvalue weighted by Crippen LogP contribution is -2.12. The summed E-state index contributed by atoms with van der Waals surface area (Å²) in [6.07, 6.45) is 1.09. The monoisotopic (exact) mass is 261 g/mol. The average Bonchev–Trinajstić information content (AvgIpc) is 3.01. The van der Waals surface area contributed by atoms with Crippen molar-refractivity contribution in [2.75, 3.05) is 25.6 Å². The fourth-order valence-electron chi connectivity index (χ4n) is 2.59. The van der Waals surface area contributed by atoms with Gasteiger partial charge in [-0.05, 0) is 25.5 Å². The van der Waals surface area contributed by atoms with Crippen LogP contribution in [0.1, 0.15) is 13.3 Å². The van der Waals surface area contributed by atoms with E-state index in [-0.39, 0.29) is 0 Å². The molecule has 1 aromatic carbocycles. The summed E-state index contributed by atoms with van der Waals surface area (Å²) in [7, 11) is 0. The predicted octanol–water partition coefficient (Wildman–Crippen LogP) is 2.05. The number of nitrogen functional groups attached to an aromatic ring is 1. The lowest BCUT2D eigenvalue weighted by Gasteiger charge is -2.11. The van der Waals surface area contributed by atoms with E-state index in [2.05, 4.69) is 9.55 Å². The van der Waals surface area contributed by atoms with Crippen LogP contribution in [0.2, 0.25) is 0 Å². The molecule has 1 aliphatic heterocycles. The van der Waals surface area contributed by atoms with Gasteiger partial charge in [-0.2, -0.15) is 0 Å². The molecule has 19 heavy (non-hydrogen) atoms. The van der Waals surface area contributed by atoms with Crippen LogP contribution >= 0.6 is 0 Å². The zero-order valence-corrected chi connectivity index (χ0v) is 11.1. The van der Waals surface area contributed by atoms with Crippen molar-refractivity contribution in [3.8, 4) is 5.75 Å². The van der Waals surface area contributed by atoms with Gasteiger partial charge in [0.15, 0.2) is 0 Å². The first-order valence-corrected chi connectivity index (χ1v) is 6.75. The van der Waals surface area contributed by atoms with Crippen LogP contribution in [-0.2, 0) is 11.3 Å². The maximum Gasteiger partial charge on any atom is 0.201 e. The summed E-state index contributed by atoms with van der Waals surface area (Å²) < 4.78 is 13.1. The molecule has 0 aliphatic carbocycles. The molecule has 1 unspecified atom stereocenters. The lowest BCUT2D eigenvalue weighted by molar-refractivity contribution is 0.183. The van der Waals surface area contributed by atoms with Gasteiger partial charge in [0.25, 0.3) is 0 Å². The van der Waals surface area contributed by atoms with Crippen LogP contribution in [0.5, 0.6) is 5.75 Å².